The number of carbonyl (C=O) groups is 2. The van der Waals surface area contributed by atoms with Crippen LogP contribution in [-0.2, 0) is 22.4 Å². The number of carbonyl (C=O) groups excluding carboxylic acids is 2. The molecule has 6 nitrogen and oxygen atoms in total. The molecule has 2 aliphatic rings. The first-order valence-electron chi connectivity index (χ1n) is 8.23. The van der Waals surface area contributed by atoms with Gasteiger partial charge in [-0.25, -0.2) is 4.98 Å². The van der Waals surface area contributed by atoms with Gasteiger partial charge in [-0.2, -0.15) is 0 Å². The van der Waals surface area contributed by atoms with Crippen molar-refractivity contribution in [1.29, 1.82) is 0 Å². The third kappa shape index (κ3) is 3.72. The van der Waals surface area contributed by atoms with Crippen molar-refractivity contribution >= 4 is 23.2 Å². The molecule has 3 heterocycles. The van der Waals surface area contributed by atoms with Gasteiger partial charge in [-0.15, -0.1) is 11.3 Å². The monoisotopic (exact) mass is 337 g/mol. The van der Waals surface area contributed by atoms with E-state index in [-0.39, 0.29) is 18.4 Å². The Labute approximate surface area is 140 Å². The van der Waals surface area contributed by atoms with E-state index in [9.17, 15) is 9.59 Å². The molecule has 1 aromatic rings. The molecule has 0 aliphatic carbocycles. The summed E-state index contributed by atoms with van der Waals surface area (Å²) >= 11 is 1.51. The van der Waals surface area contributed by atoms with E-state index in [1.54, 1.807) is 0 Å². The standard InChI is InChI=1S/C16H23N3O3S/c1-22-11-14(20)18-9-5-12-13(6-10-18)23-15(17-12)16(21)19-7-3-2-4-8-19/h2-11H2,1H3. The summed E-state index contributed by atoms with van der Waals surface area (Å²) in [4.78, 5) is 34.0. The summed E-state index contributed by atoms with van der Waals surface area (Å²) in [6, 6.07) is 0. The van der Waals surface area contributed by atoms with E-state index in [1.165, 1.54) is 24.9 Å². The number of methoxy groups -OCH3 is 1. The van der Waals surface area contributed by atoms with Gasteiger partial charge in [0.25, 0.3) is 5.91 Å². The molecule has 0 aromatic carbocycles. The minimum Gasteiger partial charge on any atom is -0.375 e. The molecule has 3 rings (SSSR count). The first-order valence-corrected chi connectivity index (χ1v) is 9.05. The van der Waals surface area contributed by atoms with Crippen LogP contribution in [0.4, 0.5) is 0 Å². The Hall–Kier alpha value is -1.47. The predicted octanol–water partition coefficient (Wildman–Crippen LogP) is 1.34. The van der Waals surface area contributed by atoms with Gasteiger partial charge >= 0.3 is 0 Å². The summed E-state index contributed by atoms with van der Waals surface area (Å²) in [6.07, 6.45) is 4.88. The molecule has 0 spiro atoms. The molecule has 0 unspecified atom stereocenters. The average molecular weight is 337 g/mol. The van der Waals surface area contributed by atoms with Crippen LogP contribution < -0.4 is 0 Å². The van der Waals surface area contributed by atoms with Crippen LogP contribution in [0.3, 0.4) is 0 Å². The van der Waals surface area contributed by atoms with E-state index in [1.807, 2.05) is 9.80 Å². The zero-order valence-electron chi connectivity index (χ0n) is 13.5. The van der Waals surface area contributed by atoms with Crippen molar-refractivity contribution in [3.05, 3.63) is 15.6 Å². The normalized spacial score (nSPS) is 18.5. The first kappa shape index (κ1) is 16.4. The van der Waals surface area contributed by atoms with Gasteiger partial charge in [-0.1, -0.05) is 0 Å². The lowest BCUT2D eigenvalue weighted by Gasteiger charge is -2.25. The highest BCUT2D eigenvalue weighted by Crippen LogP contribution is 2.25. The average Bonchev–Trinajstić information content (AvgIpc) is 2.88. The van der Waals surface area contributed by atoms with Crippen molar-refractivity contribution in [3.63, 3.8) is 0 Å². The van der Waals surface area contributed by atoms with Gasteiger partial charge in [0, 0.05) is 51.0 Å². The molecule has 2 amide bonds. The molecule has 23 heavy (non-hydrogen) atoms. The van der Waals surface area contributed by atoms with Gasteiger partial charge < -0.3 is 14.5 Å². The number of amides is 2. The second-order valence-electron chi connectivity index (χ2n) is 6.06. The van der Waals surface area contributed by atoms with Crippen LogP contribution in [0.5, 0.6) is 0 Å². The number of rotatable bonds is 3. The highest BCUT2D eigenvalue weighted by molar-refractivity contribution is 7.13. The smallest absolute Gasteiger partial charge is 0.282 e. The fourth-order valence-corrected chi connectivity index (χ4v) is 4.22. The molecule has 0 atom stereocenters. The van der Waals surface area contributed by atoms with Gasteiger partial charge in [0.1, 0.15) is 6.61 Å². The van der Waals surface area contributed by atoms with Crippen LogP contribution in [0.2, 0.25) is 0 Å². The highest BCUT2D eigenvalue weighted by atomic mass is 32.1. The Morgan fingerprint density at radius 2 is 1.83 bits per heavy atom. The maximum absolute atomic E-state index is 12.6. The molecule has 1 saturated heterocycles. The lowest BCUT2D eigenvalue weighted by molar-refractivity contribution is -0.135. The largest absolute Gasteiger partial charge is 0.375 e. The molecule has 0 saturated carbocycles. The van der Waals surface area contributed by atoms with E-state index in [4.69, 9.17) is 4.74 Å². The minimum absolute atomic E-state index is 0.0206. The zero-order valence-corrected chi connectivity index (χ0v) is 14.4. The quantitative estimate of drug-likeness (QED) is 0.835. The third-order valence-electron chi connectivity index (χ3n) is 4.45. The second-order valence-corrected chi connectivity index (χ2v) is 7.14. The molecule has 1 fully saturated rings. The SMILES string of the molecule is COCC(=O)N1CCc2nc(C(=O)N3CCCCC3)sc2CC1. The van der Waals surface area contributed by atoms with Gasteiger partial charge in [0.05, 0.1) is 5.69 Å². The number of thiazole rings is 1. The number of aromatic nitrogens is 1. The summed E-state index contributed by atoms with van der Waals surface area (Å²) in [5, 5.41) is 0.619. The van der Waals surface area contributed by atoms with Crippen molar-refractivity contribution in [1.82, 2.24) is 14.8 Å². The van der Waals surface area contributed by atoms with Crippen molar-refractivity contribution in [3.8, 4) is 0 Å². The van der Waals surface area contributed by atoms with E-state index >= 15 is 0 Å². The zero-order chi connectivity index (χ0) is 16.2. The van der Waals surface area contributed by atoms with Gasteiger partial charge in [-0.3, -0.25) is 9.59 Å². The molecule has 1 aromatic heterocycles. The van der Waals surface area contributed by atoms with Gasteiger partial charge in [-0.05, 0) is 19.3 Å². The van der Waals surface area contributed by atoms with E-state index in [2.05, 4.69) is 4.98 Å². The van der Waals surface area contributed by atoms with Crippen LogP contribution in [0.1, 0.15) is 39.6 Å². The predicted molar refractivity (Wildman–Crippen MR) is 87.7 cm³/mol. The lowest BCUT2D eigenvalue weighted by Crippen LogP contribution is -2.36. The first-order chi connectivity index (χ1) is 11.2. The number of nitrogens with zero attached hydrogens (tertiary/aromatic N) is 3. The number of likely N-dealkylation sites (tertiary alicyclic amines) is 1. The summed E-state index contributed by atoms with van der Waals surface area (Å²) in [5.41, 5.74) is 0.989. The molecule has 0 radical (unpaired) electrons. The van der Waals surface area contributed by atoms with E-state index < -0.39 is 0 Å². The van der Waals surface area contributed by atoms with Crippen molar-refractivity contribution in [2.45, 2.75) is 32.1 Å². The van der Waals surface area contributed by atoms with Crippen molar-refractivity contribution in [2.24, 2.45) is 0 Å². The molecular weight excluding hydrogens is 314 g/mol. The van der Waals surface area contributed by atoms with E-state index in [0.29, 0.717) is 24.5 Å². The Balaban J connectivity index is 1.66. The number of hydrogen-bond donors (Lipinski definition) is 0. The minimum atomic E-state index is 0.0206. The van der Waals surface area contributed by atoms with Crippen LogP contribution in [-0.4, -0.2) is 66.5 Å². The van der Waals surface area contributed by atoms with Crippen molar-refractivity contribution < 1.29 is 14.3 Å². The number of piperidine rings is 1. The summed E-state index contributed by atoms with van der Waals surface area (Å²) in [6.45, 7) is 3.15. The van der Waals surface area contributed by atoms with Gasteiger partial charge in [0.15, 0.2) is 5.01 Å². The number of fused-ring (bicyclic) bond motifs is 1. The summed E-state index contributed by atoms with van der Waals surface area (Å²) in [7, 11) is 1.53. The maximum Gasteiger partial charge on any atom is 0.282 e. The lowest BCUT2D eigenvalue weighted by atomic mass is 10.1. The molecule has 0 bridgehead atoms. The van der Waals surface area contributed by atoms with Crippen LogP contribution in [0.25, 0.3) is 0 Å². The Morgan fingerprint density at radius 1 is 1.09 bits per heavy atom. The maximum atomic E-state index is 12.6. The second kappa shape index (κ2) is 7.40. The van der Waals surface area contributed by atoms with E-state index in [0.717, 1.165) is 42.9 Å². The molecule has 7 heteroatoms. The number of ether oxygens (including phenoxy) is 1. The van der Waals surface area contributed by atoms with Crippen LogP contribution in [0, 0.1) is 0 Å². The molecular formula is C16H23N3O3S. The third-order valence-corrected chi connectivity index (χ3v) is 5.60. The highest BCUT2D eigenvalue weighted by Gasteiger charge is 2.26. The Morgan fingerprint density at radius 3 is 2.57 bits per heavy atom. The molecule has 126 valence electrons. The fourth-order valence-electron chi connectivity index (χ4n) is 3.15. The number of hydrogen-bond acceptors (Lipinski definition) is 5. The summed E-state index contributed by atoms with van der Waals surface area (Å²) in [5.74, 6) is 0.0994. The van der Waals surface area contributed by atoms with Crippen LogP contribution >= 0.6 is 11.3 Å². The topological polar surface area (TPSA) is 62.7 Å². The van der Waals surface area contributed by atoms with Crippen molar-refractivity contribution in [2.75, 3.05) is 39.9 Å². The summed E-state index contributed by atoms with van der Waals surface area (Å²) < 4.78 is 4.92. The Kier molecular flexibility index (Phi) is 5.27. The molecule has 2 aliphatic heterocycles. The molecule has 0 N–H and O–H groups in total. The Bertz CT molecular complexity index is 556. The fraction of sp³-hybridized carbons (Fsp3) is 0.688. The van der Waals surface area contributed by atoms with Crippen LogP contribution in [0.15, 0.2) is 0 Å². The van der Waals surface area contributed by atoms with Gasteiger partial charge in [0.2, 0.25) is 5.91 Å².